The SMILES string of the molecule is NC(=O)c1cc2c(s1)-c1c(F)ccc(F)c1OC2. The normalized spacial score (nSPS) is 12.6. The van der Waals surface area contributed by atoms with Gasteiger partial charge in [0.15, 0.2) is 11.6 Å². The molecule has 0 fully saturated rings. The molecule has 18 heavy (non-hydrogen) atoms. The molecule has 3 nitrogen and oxygen atoms in total. The highest BCUT2D eigenvalue weighted by atomic mass is 32.1. The quantitative estimate of drug-likeness (QED) is 0.863. The molecule has 0 radical (unpaired) electrons. The fourth-order valence-corrected chi connectivity index (χ4v) is 2.97. The van der Waals surface area contributed by atoms with Crippen LogP contribution < -0.4 is 10.5 Å². The minimum Gasteiger partial charge on any atom is -0.485 e. The maximum atomic E-state index is 13.8. The molecule has 3 rings (SSSR count). The molecule has 1 aromatic heterocycles. The first-order valence-electron chi connectivity index (χ1n) is 5.11. The van der Waals surface area contributed by atoms with Gasteiger partial charge >= 0.3 is 0 Å². The third-order valence-corrected chi connectivity index (χ3v) is 3.92. The van der Waals surface area contributed by atoms with E-state index in [1.54, 1.807) is 6.07 Å². The van der Waals surface area contributed by atoms with Crippen molar-refractivity contribution >= 4 is 17.2 Å². The summed E-state index contributed by atoms with van der Waals surface area (Å²) in [4.78, 5) is 11.9. The second-order valence-corrected chi connectivity index (χ2v) is 4.90. The summed E-state index contributed by atoms with van der Waals surface area (Å²) in [6, 6.07) is 3.60. The number of hydrogen-bond donors (Lipinski definition) is 1. The first-order valence-corrected chi connectivity index (χ1v) is 5.93. The number of amides is 1. The van der Waals surface area contributed by atoms with E-state index >= 15 is 0 Å². The van der Waals surface area contributed by atoms with Crippen LogP contribution >= 0.6 is 11.3 Å². The van der Waals surface area contributed by atoms with Gasteiger partial charge in [-0.05, 0) is 18.2 Å². The zero-order chi connectivity index (χ0) is 12.9. The Balaban J connectivity index is 2.28. The highest BCUT2D eigenvalue weighted by molar-refractivity contribution is 7.17. The summed E-state index contributed by atoms with van der Waals surface area (Å²) in [6.07, 6.45) is 0. The number of primary amides is 1. The zero-order valence-electron chi connectivity index (χ0n) is 9.00. The third-order valence-electron chi connectivity index (χ3n) is 2.71. The Morgan fingerprint density at radius 1 is 1.33 bits per heavy atom. The number of ether oxygens (including phenoxy) is 1. The van der Waals surface area contributed by atoms with Crippen LogP contribution in [0, 0.1) is 11.6 Å². The highest BCUT2D eigenvalue weighted by Crippen LogP contribution is 2.44. The molecule has 0 spiro atoms. The van der Waals surface area contributed by atoms with E-state index in [1.807, 2.05) is 0 Å². The van der Waals surface area contributed by atoms with Crippen molar-refractivity contribution in [1.82, 2.24) is 0 Å². The van der Waals surface area contributed by atoms with Crippen LogP contribution in [-0.2, 0) is 6.61 Å². The van der Waals surface area contributed by atoms with Crippen LogP contribution in [-0.4, -0.2) is 5.91 Å². The van der Waals surface area contributed by atoms with Crippen LogP contribution in [0.4, 0.5) is 8.78 Å². The lowest BCUT2D eigenvalue weighted by Crippen LogP contribution is -2.08. The standard InChI is InChI=1S/C12H7F2NO2S/c13-6-1-2-7(14)10-9(6)11-5(4-17-10)3-8(18-11)12(15)16/h1-3H,4H2,(H2,15,16). The predicted molar refractivity (Wildman–Crippen MR) is 62.5 cm³/mol. The van der Waals surface area contributed by atoms with Gasteiger partial charge in [-0.15, -0.1) is 11.3 Å². The summed E-state index contributed by atoms with van der Waals surface area (Å²) in [5, 5.41) is 0. The van der Waals surface area contributed by atoms with Crippen molar-refractivity contribution < 1.29 is 18.3 Å². The van der Waals surface area contributed by atoms with E-state index in [9.17, 15) is 13.6 Å². The Kier molecular flexibility index (Phi) is 2.34. The fourth-order valence-electron chi connectivity index (χ4n) is 1.90. The van der Waals surface area contributed by atoms with E-state index in [2.05, 4.69) is 0 Å². The van der Waals surface area contributed by atoms with Crippen LogP contribution in [0.2, 0.25) is 0 Å². The summed E-state index contributed by atoms with van der Waals surface area (Å²) in [5.41, 5.74) is 5.88. The summed E-state index contributed by atoms with van der Waals surface area (Å²) < 4.78 is 32.5. The van der Waals surface area contributed by atoms with Crippen molar-refractivity contribution in [3.63, 3.8) is 0 Å². The molecule has 6 heteroatoms. The molecule has 0 aliphatic carbocycles. The molecular weight excluding hydrogens is 260 g/mol. The number of rotatable bonds is 1. The van der Waals surface area contributed by atoms with Crippen molar-refractivity contribution in [2.75, 3.05) is 0 Å². The molecule has 2 heterocycles. The van der Waals surface area contributed by atoms with Gasteiger partial charge in [0, 0.05) is 10.4 Å². The third kappa shape index (κ3) is 1.49. The second kappa shape index (κ2) is 3.78. The Bertz CT molecular complexity index is 666. The molecule has 0 atom stereocenters. The van der Waals surface area contributed by atoms with Gasteiger partial charge in [-0.25, -0.2) is 8.78 Å². The van der Waals surface area contributed by atoms with Gasteiger partial charge in [0.25, 0.3) is 5.91 Å². The minimum atomic E-state index is -0.619. The van der Waals surface area contributed by atoms with Gasteiger partial charge in [-0.3, -0.25) is 4.79 Å². The number of thiophene rings is 1. The average molecular weight is 267 g/mol. The lowest BCUT2D eigenvalue weighted by molar-refractivity contribution is 0.100. The minimum absolute atomic E-state index is 0.0637. The number of nitrogens with two attached hydrogens (primary N) is 1. The van der Waals surface area contributed by atoms with E-state index in [-0.39, 0.29) is 17.9 Å². The lowest BCUT2D eigenvalue weighted by Gasteiger charge is -2.18. The molecule has 0 unspecified atom stereocenters. The van der Waals surface area contributed by atoms with Crippen LogP contribution in [0.3, 0.4) is 0 Å². The summed E-state index contributed by atoms with van der Waals surface area (Å²) >= 11 is 1.05. The molecule has 2 aromatic rings. The Morgan fingerprint density at radius 3 is 2.78 bits per heavy atom. The van der Waals surface area contributed by atoms with Gasteiger partial charge in [-0.1, -0.05) is 0 Å². The number of hydrogen-bond acceptors (Lipinski definition) is 3. The van der Waals surface area contributed by atoms with E-state index in [4.69, 9.17) is 10.5 Å². The second-order valence-electron chi connectivity index (χ2n) is 3.85. The topological polar surface area (TPSA) is 52.3 Å². The summed E-state index contributed by atoms with van der Waals surface area (Å²) in [7, 11) is 0. The summed E-state index contributed by atoms with van der Waals surface area (Å²) in [5.74, 6) is -1.90. The van der Waals surface area contributed by atoms with Crippen LogP contribution in [0.15, 0.2) is 18.2 Å². The first kappa shape index (κ1) is 11.2. The zero-order valence-corrected chi connectivity index (χ0v) is 9.81. The fraction of sp³-hybridized carbons (Fsp3) is 0.0833. The average Bonchev–Trinajstić information content (AvgIpc) is 2.77. The maximum Gasteiger partial charge on any atom is 0.258 e. The van der Waals surface area contributed by atoms with Crippen molar-refractivity contribution in [3.8, 4) is 16.2 Å². The van der Waals surface area contributed by atoms with E-state index < -0.39 is 17.5 Å². The lowest BCUT2D eigenvalue weighted by atomic mass is 10.1. The smallest absolute Gasteiger partial charge is 0.258 e. The Labute approximate surface area is 105 Å². The molecular formula is C12H7F2NO2S. The van der Waals surface area contributed by atoms with Crippen LogP contribution in [0.1, 0.15) is 15.2 Å². The largest absolute Gasteiger partial charge is 0.485 e. The van der Waals surface area contributed by atoms with Gasteiger partial charge in [0.2, 0.25) is 0 Å². The monoisotopic (exact) mass is 267 g/mol. The van der Waals surface area contributed by atoms with Gasteiger partial charge in [0.1, 0.15) is 12.4 Å². The molecule has 0 saturated carbocycles. The number of halogens is 2. The number of benzene rings is 1. The molecule has 0 saturated heterocycles. The van der Waals surface area contributed by atoms with Crippen molar-refractivity contribution in [1.29, 1.82) is 0 Å². The molecule has 92 valence electrons. The van der Waals surface area contributed by atoms with Gasteiger partial charge in [0.05, 0.1) is 10.4 Å². The molecule has 1 aliphatic rings. The Hall–Kier alpha value is -1.95. The van der Waals surface area contributed by atoms with Crippen LogP contribution in [0.5, 0.6) is 5.75 Å². The molecule has 0 bridgehead atoms. The van der Waals surface area contributed by atoms with Gasteiger partial charge < -0.3 is 10.5 Å². The highest BCUT2D eigenvalue weighted by Gasteiger charge is 2.27. The number of carbonyl (C=O) groups is 1. The Morgan fingerprint density at radius 2 is 2.06 bits per heavy atom. The van der Waals surface area contributed by atoms with Crippen molar-refractivity contribution in [2.45, 2.75) is 6.61 Å². The molecule has 1 aliphatic heterocycles. The molecule has 1 amide bonds. The number of fused-ring (bicyclic) bond motifs is 3. The first-order chi connectivity index (χ1) is 8.58. The van der Waals surface area contributed by atoms with Crippen molar-refractivity contribution in [2.24, 2.45) is 5.73 Å². The predicted octanol–water partition coefficient (Wildman–Crippen LogP) is 2.68. The molecule has 1 aromatic carbocycles. The molecule has 2 N–H and O–H groups in total. The van der Waals surface area contributed by atoms with E-state index in [1.165, 1.54) is 0 Å². The van der Waals surface area contributed by atoms with Crippen molar-refractivity contribution in [3.05, 3.63) is 40.3 Å². The maximum absolute atomic E-state index is 13.8. The number of carbonyl (C=O) groups excluding carboxylic acids is 1. The summed E-state index contributed by atoms with van der Waals surface area (Å²) in [6.45, 7) is 0.104. The van der Waals surface area contributed by atoms with E-state index in [0.717, 1.165) is 23.5 Å². The van der Waals surface area contributed by atoms with Crippen LogP contribution in [0.25, 0.3) is 10.4 Å². The van der Waals surface area contributed by atoms with E-state index in [0.29, 0.717) is 15.3 Å². The van der Waals surface area contributed by atoms with Gasteiger partial charge in [-0.2, -0.15) is 0 Å².